The number of halogens is 5. The molecule has 3 nitrogen and oxygen atoms in total. The van der Waals surface area contributed by atoms with Gasteiger partial charge in [0, 0.05) is 35.7 Å². The Kier molecular flexibility index (Phi) is 4.07. The molecule has 0 bridgehead atoms. The Morgan fingerprint density at radius 2 is 1.77 bits per heavy atom. The molecule has 0 unspecified atom stereocenters. The summed E-state index contributed by atoms with van der Waals surface area (Å²) in [4.78, 5) is 14.2. The second-order valence-corrected chi connectivity index (χ2v) is 8.54. The van der Waals surface area contributed by atoms with Gasteiger partial charge in [0.15, 0.2) is 0 Å². The van der Waals surface area contributed by atoms with Crippen LogP contribution in [-0.4, -0.2) is 17.9 Å². The fourth-order valence-electron chi connectivity index (χ4n) is 4.75. The quantitative estimate of drug-likeness (QED) is 0.692. The average Bonchev–Trinajstić information content (AvgIpc) is 3.09. The first-order chi connectivity index (χ1) is 14.1. The number of carbonyl (C=O) groups excluding carboxylic acids is 1. The molecule has 1 heterocycles. The maximum Gasteiger partial charge on any atom is 0.416 e. The summed E-state index contributed by atoms with van der Waals surface area (Å²) in [5, 5.41) is 3.07. The van der Waals surface area contributed by atoms with Gasteiger partial charge < -0.3 is 10.2 Å². The van der Waals surface area contributed by atoms with Crippen molar-refractivity contribution in [3.8, 4) is 0 Å². The highest BCUT2D eigenvalue weighted by Gasteiger charge is 2.75. The molecule has 5 rings (SSSR count). The summed E-state index contributed by atoms with van der Waals surface area (Å²) in [5.41, 5.74) is -0.831. The highest BCUT2D eigenvalue weighted by molar-refractivity contribution is 6.10. The minimum Gasteiger partial charge on any atom is -0.310 e. The van der Waals surface area contributed by atoms with Gasteiger partial charge in [-0.15, -0.1) is 0 Å². The zero-order valence-corrected chi connectivity index (χ0v) is 15.9. The Morgan fingerprint density at radius 1 is 1.10 bits per heavy atom. The number of carbonyl (C=O) groups is 1. The van der Waals surface area contributed by atoms with Crippen LogP contribution in [0.4, 0.5) is 27.6 Å². The lowest BCUT2D eigenvalue weighted by molar-refractivity contribution is -0.138. The number of alkyl halides is 5. The Hall–Kier alpha value is -2.48. The predicted octanol–water partition coefficient (Wildman–Crippen LogP) is 5.14. The first-order valence-electron chi connectivity index (χ1n) is 9.81. The fraction of sp³-hybridized carbons (Fsp3) is 0.409. The second-order valence-electron chi connectivity index (χ2n) is 8.54. The molecule has 1 spiro atoms. The highest BCUT2D eigenvalue weighted by atomic mass is 19.4. The molecule has 2 aromatic rings. The minimum atomic E-state index is -4.59. The molecule has 2 aliphatic carbocycles. The molecule has 0 radical (unpaired) electrons. The van der Waals surface area contributed by atoms with Gasteiger partial charge in [0.2, 0.25) is 0 Å². The third-order valence-electron chi connectivity index (χ3n) is 6.56. The van der Waals surface area contributed by atoms with Crippen LogP contribution < -0.4 is 10.2 Å². The Labute approximate surface area is 169 Å². The number of rotatable bonds is 4. The molecule has 8 heteroatoms. The van der Waals surface area contributed by atoms with E-state index in [9.17, 15) is 26.7 Å². The summed E-state index contributed by atoms with van der Waals surface area (Å²) < 4.78 is 67.8. The normalized spacial score (nSPS) is 26.6. The van der Waals surface area contributed by atoms with Crippen LogP contribution in [-0.2, 0) is 19.3 Å². The van der Waals surface area contributed by atoms with Crippen molar-refractivity contribution in [2.45, 2.75) is 50.5 Å². The van der Waals surface area contributed by atoms with Gasteiger partial charge in [0.25, 0.3) is 11.8 Å². The monoisotopic (exact) mass is 422 g/mol. The van der Waals surface area contributed by atoms with Crippen molar-refractivity contribution in [3.63, 3.8) is 0 Å². The molecule has 0 saturated heterocycles. The van der Waals surface area contributed by atoms with Crippen molar-refractivity contribution >= 4 is 11.6 Å². The van der Waals surface area contributed by atoms with Gasteiger partial charge in [-0.05, 0) is 48.2 Å². The SMILES string of the molecule is O=C1c2cc(CNC3CC4(C3)CC4(F)F)cc(C(F)(F)F)c2CN1c1ccccc1. The predicted molar refractivity (Wildman–Crippen MR) is 100 cm³/mol. The topological polar surface area (TPSA) is 32.3 Å². The van der Waals surface area contributed by atoms with Crippen molar-refractivity contribution in [2.24, 2.45) is 5.41 Å². The fourth-order valence-corrected chi connectivity index (χ4v) is 4.75. The molecule has 0 aromatic heterocycles. The number of hydrogen-bond donors (Lipinski definition) is 1. The third-order valence-corrected chi connectivity index (χ3v) is 6.56. The van der Waals surface area contributed by atoms with Crippen molar-refractivity contribution in [2.75, 3.05) is 4.90 Å². The van der Waals surface area contributed by atoms with E-state index in [0.717, 1.165) is 6.07 Å². The van der Waals surface area contributed by atoms with Crippen LogP contribution in [0.25, 0.3) is 0 Å². The van der Waals surface area contributed by atoms with Gasteiger partial charge >= 0.3 is 6.18 Å². The molecule has 1 amide bonds. The largest absolute Gasteiger partial charge is 0.416 e. The molecular formula is C22H19F5N2O. The molecule has 2 aromatic carbocycles. The standard InChI is InChI=1S/C22H19F5N2O/c23-21(24)12-20(21)8-14(9-20)28-10-13-6-16-17(18(7-13)22(25,26)27)11-29(19(16)30)15-4-2-1-3-5-15/h1-7,14,28H,8-12H2. The van der Waals surface area contributed by atoms with Crippen molar-refractivity contribution in [1.82, 2.24) is 5.32 Å². The minimum absolute atomic E-state index is 0.0275. The van der Waals surface area contributed by atoms with E-state index >= 15 is 0 Å². The van der Waals surface area contributed by atoms with E-state index in [0.29, 0.717) is 24.1 Å². The summed E-state index contributed by atoms with van der Waals surface area (Å²) in [6, 6.07) is 11.0. The Bertz CT molecular complexity index is 1010. The Morgan fingerprint density at radius 3 is 2.37 bits per heavy atom. The number of nitrogens with one attached hydrogen (secondary N) is 1. The van der Waals surface area contributed by atoms with Gasteiger partial charge in [-0.25, -0.2) is 8.78 Å². The van der Waals surface area contributed by atoms with Gasteiger partial charge in [-0.2, -0.15) is 13.2 Å². The molecule has 0 atom stereocenters. The first kappa shape index (κ1) is 19.5. The van der Waals surface area contributed by atoms with Crippen molar-refractivity contribution in [3.05, 3.63) is 64.7 Å². The molecular weight excluding hydrogens is 403 g/mol. The molecule has 2 fully saturated rings. The molecule has 1 N–H and O–H groups in total. The molecule has 2 saturated carbocycles. The number of fused-ring (bicyclic) bond motifs is 1. The first-order valence-corrected chi connectivity index (χ1v) is 9.81. The van der Waals surface area contributed by atoms with E-state index < -0.39 is 29.0 Å². The number of nitrogens with zero attached hydrogens (tertiary/aromatic N) is 1. The summed E-state index contributed by atoms with van der Waals surface area (Å²) >= 11 is 0. The van der Waals surface area contributed by atoms with Gasteiger partial charge in [-0.3, -0.25) is 4.79 Å². The lowest BCUT2D eigenvalue weighted by Crippen LogP contribution is -2.44. The molecule has 1 aliphatic heterocycles. The van der Waals surface area contributed by atoms with Crippen LogP contribution in [0, 0.1) is 5.41 Å². The summed E-state index contributed by atoms with van der Waals surface area (Å²) in [6.45, 7) is -0.0394. The number of amides is 1. The summed E-state index contributed by atoms with van der Waals surface area (Å²) in [6.07, 6.45) is -4.03. The smallest absolute Gasteiger partial charge is 0.310 e. The van der Waals surface area contributed by atoms with E-state index in [1.54, 1.807) is 30.3 Å². The van der Waals surface area contributed by atoms with Crippen LogP contribution in [0.3, 0.4) is 0 Å². The van der Waals surface area contributed by atoms with E-state index in [4.69, 9.17) is 0 Å². The maximum atomic E-state index is 13.7. The van der Waals surface area contributed by atoms with Gasteiger partial charge in [-0.1, -0.05) is 18.2 Å². The maximum absolute atomic E-state index is 13.7. The van der Waals surface area contributed by atoms with Crippen LogP contribution >= 0.6 is 0 Å². The zero-order chi connectivity index (χ0) is 21.3. The van der Waals surface area contributed by atoms with Gasteiger partial charge in [0.05, 0.1) is 12.1 Å². The van der Waals surface area contributed by atoms with E-state index in [1.165, 1.54) is 11.0 Å². The molecule has 3 aliphatic rings. The highest BCUT2D eigenvalue weighted by Crippen LogP contribution is 2.70. The number of benzene rings is 2. The van der Waals surface area contributed by atoms with Crippen LogP contribution in [0.2, 0.25) is 0 Å². The summed E-state index contributed by atoms with van der Waals surface area (Å²) in [5.74, 6) is -3.07. The molecule has 30 heavy (non-hydrogen) atoms. The van der Waals surface area contributed by atoms with E-state index in [1.807, 2.05) is 0 Å². The van der Waals surface area contributed by atoms with Gasteiger partial charge in [0.1, 0.15) is 0 Å². The Balaban J connectivity index is 1.38. The molecule has 158 valence electrons. The third kappa shape index (κ3) is 3.00. The lowest BCUT2D eigenvalue weighted by atomic mass is 9.76. The van der Waals surface area contributed by atoms with E-state index in [-0.39, 0.29) is 36.7 Å². The van der Waals surface area contributed by atoms with Crippen molar-refractivity contribution in [1.29, 1.82) is 0 Å². The zero-order valence-electron chi connectivity index (χ0n) is 15.9. The summed E-state index contributed by atoms with van der Waals surface area (Å²) in [7, 11) is 0. The second kappa shape index (κ2) is 6.26. The number of hydrogen-bond acceptors (Lipinski definition) is 2. The van der Waals surface area contributed by atoms with Crippen LogP contribution in [0.15, 0.2) is 42.5 Å². The van der Waals surface area contributed by atoms with Crippen LogP contribution in [0.5, 0.6) is 0 Å². The van der Waals surface area contributed by atoms with Crippen molar-refractivity contribution < 1.29 is 26.7 Å². The van der Waals surface area contributed by atoms with Crippen LogP contribution in [0.1, 0.15) is 46.3 Å². The number of para-hydroxylation sites is 1. The number of anilines is 1. The lowest BCUT2D eigenvalue weighted by Gasteiger charge is -2.36. The van der Waals surface area contributed by atoms with E-state index in [2.05, 4.69) is 5.32 Å². The average molecular weight is 422 g/mol.